The standard InChI is InChI=1S/C30H40F2O3/c1-3-5-7-8-9-11-17-34-28-15-13-23(20-26(28)31)24-14-16-29(27(32)21-24)35-30(33)25-18-22(19-25)12-10-6-4-2/h13-16,20-22,25H,3-12,17-19H2,1-2H3/t22-,25-. The molecule has 0 N–H and O–H groups in total. The van der Waals surface area contributed by atoms with Crippen LogP contribution in [0.1, 0.15) is 90.9 Å². The van der Waals surface area contributed by atoms with Crippen LogP contribution in [0.2, 0.25) is 0 Å². The molecule has 0 unspecified atom stereocenters. The molecule has 3 nitrogen and oxygen atoms in total. The van der Waals surface area contributed by atoms with Crippen LogP contribution < -0.4 is 9.47 Å². The highest BCUT2D eigenvalue weighted by atomic mass is 19.1. The summed E-state index contributed by atoms with van der Waals surface area (Å²) in [4.78, 5) is 12.4. The van der Waals surface area contributed by atoms with Crippen molar-refractivity contribution in [3.63, 3.8) is 0 Å². The lowest BCUT2D eigenvalue weighted by Crippen LogP contribution is -2.33. The summed E-state index contributed by atoms with van der Waals surface area (Å²) in [6.07, 6.45) is 13.3. The summed E-state index contributed by atoms with van der Waals surface area (Å²) < 4.78 is 40.1. The maximum Gasteiger partial charge on any atom is 0.314 e. The van der Waals surface area contributed by atoms with Gasteiger partial charge in [-0.05, 0) is 60.6 Å². The molecule has 1 saturated carbocycles. The summed E-state index contributed by atoms with van der Waals surface area (Å²) in [7, 11) is 0. The highest BCUT2D eigenvalue weighted by molar-refractivity contribution is 5.76. The van der Waals surface area contributed by atoms with Crippen LogP contribution in [0, 0.1) is 23.5 Å². The third-order valence-corrected chi connectivity index (χ3v) is 6.95. The lowest BCUT2D eigenvalue weighted by molar-refractivity contribution is -0.143. The molecule has 1 fully saturated rings. The van der Waals surface area contributed by atoms with Crippen molar-refractivity contribution >= 4 is 5.97 Å². The maximum absolute atomic E-state index is 14.7. The number of rotatable bonds is 15. The number of unbranched alkanes of at least 4 members (excludes halogenated alkanes) is 7. The number of hydrogen-bond donors (Lipinski definition) is 0. The van der Waals surface area contributed by atoms with Crippen LogP contribution in [-0.4, -0.2) is 12.6 Å². The van der Waals surface area contributed by atoms with Gasteiger partial charge in [0.25, 0.3) is 0 Å². The van der Waals surface area contributed by atoms with Crippen molar-refractivity contribution in [2.24, 2.45) is 11.8 Å². The molecule has 1 aliphatic rings. The Labute approximate surface area is 209 Å². The molecule has 0 spiro atoms. The molecule has 5 heteroatoms. The molecule has 0 atom stereocenters. The number of carbonyl (C=O) groups excluding carboxylic acids is 1. The topological polar surface area (TPSA) is 35.5 Å². The summed E-state index contributed by atoms with van der Waals surface area (Å²) in [6, 6.07) is 9.02. The lowest BCUT2D eigenvalue weighted by atomic mass is 9.72. The Bertz CT molecular complexity index is 937. The molecule has 0 radical (unpaired) electrons. The van der Waals surface area contributed by atoms with Crippen LogP contribution in [0.3, 0.4) is 0 Å². The largest absolute Gasteiger partial charge is 0.491 e. The Morgan fingerprint density at radius 3 is 2.00 bits per heavy atom. The molecule has 2 aromatic carbocycles. The third kappa shape index (κ3) is 8.33. The number of benzene rings is 2. The summed E-state index contributed by atoms with van der Waals surface area (Å²) in [5, 5.41) is 0. The molecule has 1 aliphatic carbocycles. The van der Waals surface area contributed by atoms with E-state index in [1.807, 2.05) is 0 Å². The van der Waals surface area contributed by atoms with Crippen LogP contribution in [0.5, 0.6) is 11.5 Å². The van der Waals surface area contributed by atoms with Crippen LogP contribution in [0.4, 0.5) is 8.78 Å². The van der Waals surface area contributed by atoms with Crippen LogP contribution in [0.15, 0.2) is 36.4 Å². The van der Waals surface area contributed by atoms with Gasteiger partial charge in [0.2, 0.25) is 0 Å². The Morgan fingerprint density at radius 2 is 1.37 bits per heavy atom. The van der Waals surface area contributed by atoms with Gasteiger partial charge in [-0.3, -0.25) is 4.79 Å². The van der Waals surface area contributed by atoms with E-state index in [0.717, 1.165) is 32.1 Å². The Morgan fingerprint density at radius 1 is 0.800 bits per heavy atom. The second kappa shape index (κ2) is 14.2. The molecular formula is C30H40F2O3. The third-order valence-electron chi connectivity index (χ3n) is 6.95. The van der Waals surface area contributed by atoms with Crippen molar-refractivity contribution in [1.82, 2.24) is 0 Å². The first-order valence-electron chi connectivity index (χ1n) is 13.5. The lowest BCUT2D eigenvalue weighted by Gasteiger charge is -2.33. The van der Waals surface area contributed by atoms with E-state index < -0.39 is 11.6 Å². The van der Waals surface area contributed by atoms with Gasteiger partial charge in [-0.2, -0.15) is 0 Å². The quantitative estimate of drug-likeness (QED) is 0.143. The Balaban J connectivity index is 1.48. The zero-order chi connectivity index (χ0) is 25.0. The van der Waals surface area contributed by atoms with Gasteiger partial charge in [0.15, 0.2) is 23.1 Å². The summed E-state index contributed by atoms with van der Waals surface area (Å²) in [5.41, 5.74) is 1.06. The normalized spacial score (nSPS) is 17.1. The number of ether oxygens (including phenoxy) is 2. The van der Waals surface area contributed by atoms with Gasteiger partial charge >= 0.3 is 5.97 Å². The van der Waals surface area contributed by atoms with E-state index in [4.69, 9.17) is 9.47 Å². The highest BCUT2D eigenvalue weighted by Crippen LogP contribution is 2.38. The van der Waals surface area contributed by atoms with Crippen molar-refractivity contribution in [3.05, 3.63) is 48.0 Å². The fourth-order valence-electron chi connectivity index (χ4n) is 4.66. The second-order valence-electron chi connectivity index (χ2n) is 9.86. The molecule has 2 aromatic rings. The van der Waals surface area contributed by atoms with Crippen LogP contribution >= 0.6 is 0 Å². The smallest absolute Gasteiger partial charge is 0.314 e. The van der Waals surface area contributed by atoms with Gasteiger partial charge in [0, 0.05) is 0 Å². The van der Waals surface area contributed by atoms with E-state index in [1.54, 1.807) is 18.2 Å². The highest BCUT2D eigenvalue weighted by Gasteiger charge is 2.35. The molecule has 192 valence electrons. The maximum atomic E-state index is 14.7. The van der Waals surface area contributed by atoms with E-state index in [1.165, 1.54) is 63.1 Å². The van der Waals surface area contributed by atoms with Crippen molar-refractivity contribution in [3.8, 4) is 22.6 Å². The molecule has 0 bridgehead atoms. The van der Waals surface area contributed by atoms with E-state index in [2.05, 4.69) is 13.8 Å². The Hall–Kier alpha value is -2.43. The first-order chi connectivity index (χ1) is 17.0. The minimum Gasteiger partial charge on any atom is -0.491 e. The average Bonchev–Trinajstić information content (AvgIpc) is 2.82. The SMILES string of the molecule is CCCCCCCCOc1ccc(-c2ccc(OC(=O)[C@H]3C[C@H](CCCCC)C3)c(F)c2)cc1F. The minimum atomic E-state index is -0.626. The molecule has 0 aliphatic heterocycles. The van der Waals surface area contributed by atoms with E-state index in [0.29, 0.717) is 23.7 Å². The van der Waals surface area contributed by atoms with Gasteiger partial charge in [0.1, 0.15) is 0 Å². The summed E-state index contributed by atoms with van der Waals surface area (Å²) >= 11 is 0. The molecule has 35 heavy (non-hydrogen) atoms. The molecule has 0 amide bonds. The molecule has 0 heterocycles. The number of halogens is 2. The monoisotopic (exact) mass is 486 g/mol. The minimum absolute atomic E-state index is 0.0763. The predicted octanol–water partition coefficient (Wildman–Crippen LogP) is 8.88. The van der Waals surface area contributed by atoms with Gasteiger partial charge in [-0.25, -0.2) is 8.78 Å². The van der Waals surface area contributed by atoms with Gasteiger partial charge < -0.3 is 9.47 Å². The predicted molar refractivity (Wildman–Crippen MR) is 137 cm³/mol. The van der Waals surface area contributed by atoms with E-state index in [9.17, 15) is 13.6 Å². The molecule has 0 aromatic heterocycles. The van der Waals surface area contributed by atoms with Crippen LogP contribution in [-0.2, 0) is 4.79 Å². The summed E-state index contributed by atoms with van der Waals surface area (Å²) in [5.74, 6) is -0.880. The van der Waals surface area contributed by atoms with Gasteiger partial charge in [-0.15, -0.1) is 0 Å². The van der Waals surface area contributed by atoms with E-state index in [-0.39, 0.29) is 23.4 Å². The first kappa shape index (κ1) is 27.2. The fourth-order valence-corrected chi connectivity index (χ4v) is 4.66. The fraction of sp³-hybridized carbons (Fsp3) is 0.567. The zero-order valence-electron chi connectivity index (χ0n) is 21.3. The van der Waals surface area contributed by atoms with Gasteiger partial charge in [0.05, 0.1) is 12.5 Å². The molecule has 0 saturated heterocycles. The van der Waals surface area contributed by atoms with Crippen LogP contribution in [0.25, 0.3) is 11.1 Å². The number of carbonyl (C=O) groups is 1. The number of esters is 1. The second-order valence-corrected chi connectivity index (χ2v) is 9.86. The zero-order valence-corrected chi connectivity index (χ0v) is 21.3. The number of hydrogen-bond acceptors (Lipinski definition) is 3. The Kier molecular flexibility index (Phi) is 11.0. The van der Waals surface area contributed by atoms with Crippen molar-refractivity contribution in [2.75, 3.05) is 6.61 Å². The molecule has 3 rings (SSSR count). The van der Waals surface area contributed by atoms with Crippen molar-refractivity contribution in [2.45, 2.75) is 90.9 Å². The first-order valence-corrected chi connectivity index (χ1v) is 13.5. The molecular weight excluding hydrogens is 446 g/mol. The van der Waals surface area contributed by atoms with Gasteiger partial charge in [-0.1, -0.05) is 83.8 Å². The van der Waals surface area contributed by atoms with Crippen molar-refractivity contribution < 1.29 is 23.0 Å². The van der Waals surface area contributed by atoms with Crippen molar-refractivity contribution in [1.29, 1.82) is 0 Å². The average molecular weight is 487 g/mol. The summed E-state index contributed by atoms with van der Waals surface area (Å²) in [6.45, 7) is 4.85. The van der Waals surface area contributed by atoms with E-state index >= 15 is 0 Å².